The second-order valence-corrected chi connectivity index (χ2v) is 12.6. The van der Waals surface area contributed by atoms with Gasteiger partial charge in [-0.05, 0) is 80.1 Å². The van der Waals surface area contributed by atoms with Gasteiger partial charge in [0.2, 0.25) is 0 Å². The fraction of sp³-hybridized carbons (Fsp3) is 0.171. The Labute approximate surface area is 288 Å². The van der Waals surface area contributed by atoms with Crippen molar-refractivity contribution >= 4 is 77.5 Å². The molecule has 0 spiro atoms. The van der Waals surface area contributed by atoms with Crippen molar-refractivity contribution in [3.05, 3.63) is 120 Å². The van der Waals surface area contributed by atoms with Gasteiger partial charge in [0.15, 0.2) is 0 Å². The summed E-state index contributed by atoms with van der Waals surface area (Å²) in [5.41, 5.74) is 6.84. The lowest BCUT2D eigenvalue weighted by Crippen LogP contribution is -2.31. The van der Waals surface area contributed by atoms with Gasteiger partial charge in [0.25, 0.3) is 11.8 Å². The van der Waals surface area contributed by atoms with Crippen molar-refractivity contribution < 1.29 is 9.59 Å². The topological polar surface area (TPSA) is 113 Å². The van der Waals surface area contributed by atoms with E-state index in [1.165, 1.54) is 0 Å². The van der Waals surface area contributed by atoms with Gasteiger partial charge in [-0.15, -0.1) is 0 Å². The van der Waals surface area contributed by atoms with Gasteiger partial charge in [0.05, 0.1) is 44.2 Å². The fourth-order valence-electron chi connectivity index (χ4n) is 6.63. The van der Waals surface area contributed by atoms with Crippen LogP contribution in [0.4, 0.5) is 0 Å². The van der Waals surface area contributed by atoms with Crippen LogP contribution >= 0.6 is 0 Å². The average Bonchev–Trinajstić information content (AvgIpc) is 3.16. The molecule has 50 heavy (non-hydrogen) atoms. The smallest absolute Gasteiger partial charge is 0.253 e. The summed E-state index contributed by atoms with van der Waals surface area (Å²) in [6, 6.07) is 35.3. The van der Waals surface area contributed by atoms with E-state index in [9.17, 15) is 9.59 Å². The lowest BCUT2D eigenvalue weighted by atomic mass is 10.1. The van der Waals surface area contributed by atoms with Crippen LogP contribution in [0.1, 0.15) is 33.6 Å². The molecule has 0 unspecified atom stereocenters. The Morgan fingerprint density at radius 3 is 1.40 bits per heavy atom. The van der Waals surface area contributed by atoms with Crippen LogP contribution in [0.3, 0.4) is 0 Å². The minimum absolute atomic E-state index is 0.158. The minimum atomic E-state index is -0.158. The molecule has 2 heterocycles. The van der Waals surface area contributed by atoms with Gasteiger partial charge in [0.1, 0.15) is 11.0 Å². The van der Waals surface area contributed by atoms with Crippen molar-refractivity contribution in [2.24, 2.45) is 0 Å². The molecule has 2 N–H and O–H groups in total. The van der Waals surface area contributed by atoms with Crippen LogP contribution < -0.4 is 10.6 Å². The number of rotatable bonds is 10. The molecule has 0 saturated heterocycles. The van der Waals surface area contributed by atoms with Gasteiger partial charge in [-0.25, -0.2) is 19.9 Å². The zero-order valence-corrected chi connectivity index (χ0v) is 27.7. The Bertz CT molecular complexity index is 2410. The summed E-state index contributed by atoms with van der Waals surface area (Å²) >= 11 is 0. The number of para-hydroxylation sites is 2. The molecule has 9 nitrogen and oxygen atoms in total. The molecule has 0 bridgehead atoms. The molecule has 8 aromatic rings. The number of nitrogens with one attached hydrogen (secondary N) is 2. The third-order valence-electron chi connectivity index (χ3n) is 9.21. The molecule has 0 radical (unpaired) electrons. The van der Waals surface area contributed by atoms with Gasteiger partial charge in [-0.3, -0.25) is 9.59 Å². The molecular weight excluding hydrogens is 622 g/mol. The molecule has 2 aromatic heterocycles. The highest BCUT2D eigenvalue weighted by molar-refractivity contribution is 6.11. The molecule has 8 rings (SSSR count). The maximum absolute atomic E-state index is 13.2. The van der Waals surface area contributed by atoms with Gasteiger partial charge in [-0.2, -0.15) is 0 Å². The van der Waals surface area contributed by atoms with Crippen LogP contribution in [-0.2, 0) is 0 Å². The van der Waals surface area contributed by atoms with Crippen LogP contribution in [0.15, 0.2) is 109 Å². The SMILES string of the molecule is CN(CCCNC(=O)c1cccc2nc3c(ccc4ccccc43)nc12)CCCNC(=O)c1cccc2nc3c(ccc4ccccc43)nc12. The highest BCUT2D eigenvalue weighted by Crippen LogP contribution is 2.27. The fourth-order valence-corrected chi connectivity index (χ4v) is 6.63. The van der Waals surface area contributed by atoms with Gasteiger partial charge in [-0.1, -0.05) is 72.8 Å². The van der Waals surface area contributed by atoms with Crippen molar-refractivity contribution in [1.82, 2.24) is 35.5 Å². The predicted octanol–water partition coefficient (Wildman–Crippen LogP) is 7.06. The van der Waals surface area contributed by atoms with Crippen LogP contribution in [-0.4, -0.2) is 69.9 Å². The summed E-state index contributed by atoms with van der Waals surface area (Å²) in [6.45, 7) is 2.69. The van der Waals surface area contributed by atoms with E-state index in [1.54, 1.807) is 12.1 Å². The molecule has 0 aliphatic carbocycles. The largest absolute Gasteiger partial charge is 0.352 e. The maximum atomic E-state index is 13.2. The number of fused-ring (bicyclic) bond motifs is 8. The standard InChI is InChI=1S/C41H35N7O2/c1-48(24-8-22-42-40(49)30-14-6-16-32-38(30)46-34-20-18-26-10-2-4-12-28(26)36(34)44-32)25-9-23-43-41(50)31-15-7-17-33-39(31)47-35-21-19-27-11-3-5-13-29(27)37(35)45-33/h2-7,10-21H,8-9,22-25H2,1H3,(H,42,49)(H,43,50). The molecule has 6 aromatic carbocycles. The predicted molar refractivity (Wildman–Crippen MR) is 200 cm³/mol. The van der Waals surface area contributed by atoms with E-state index in [0.717, 1.165) is 69.5 Å². The van der Waals surface area contributed by atoms with Crippen molar-refractivity contribution in [1.29, 1.82) is 0 Å². The minimum Gasteiger partial charge on any atom is -0.352 e. The highest BCUT2D eigenvalue weighted by atomic mass is 16.2. The zero-order chi connectivity index (χ0) is 34.0. The van der Waals surface area contributed by atoms with Gasteiger partial charge in [0, 0.05) is 23.9 Å². The van der Waals surface area contributed by atoms with Crippen LogP contribution in [0.25, 0.3) is 65.7 Å². The Morgan fingerprint density at radius 2 is 0.920 bits per heavy atom. The van der Waals surface area contributed by atoms with E-state index < -0.39 is 0 Å². The summed E-state index contributed by atoms with van der Waals surface area (Å²) in [7, 11) is 2.05. The molecule has 9 heteroatoms. The quantitative estimate of drug-likeness (QED) is 0.0920. The monoisotopic (exact) mass is 657 g/mol. The Morgan fingerprint density at radius 1 is 0.500 bits per heavy atom. The zero-order valence-electron chi connectivity index (χ0n) is 27.7. The molecule has 0 aliphatic heterocycles. The number of amides is 2. The second kappa shape index (κ2) is 13.4. The number of carbonyl (C=O) groups is 2. The van der Waals surface area contributed by atoms with Crippen molar-refractivity contribution in [3.8, 4) is 0 Å². The van der Waals surface area contributed by atoms with E-state index in [-0.39, 0.29) is 11.8 Å². The third kappa shape index (κ3) is 6.03. The molecule has 0 saturated carbocycles. The van der Waals surface area contributed by atoms with Gasteiger partial charge < -0.3 is 15.5 Å². The highest BCUT2D eigenvalue weighted by Gasteiger charge is 2.16. The maximum Gasteiger partial charge on any atom is 0.253 e. The van der Waals surface area contributed by atoms with Gasteiger partial charge >= 0.3 is 0 Å². The Balaban J connectivity index is 0.831. The number of hydrogen-bond acceptors (Lipinski definition) is 7. The van der Waals surface area contributed by atoms with Crippen molar-refractivity contribution in [3.63, 3.8) is 0 Å². The van der Waals surface area contributed by atoms with E-state index in [4.69, 9.17) is 19.9 Å². The Hall–Kier alpha value is -6.06. The first-order valence-electron chi connectivity index (χ1n) is 16.9. The van der Waals surface area contributed by atoms with E-state index in [0.29, 0.717) is 46.3 Å². The molecule has 0 fully saturated rings. The van der Waals surface area contributed by atoms with Crippen molar-refractivity contribution in [2.45, 2.75) is 12.8 Å². The number of hydrogen-bond donors (Lipinski definition) is 2. The first kappa shape index (κ1) is 31.2. The van der Waals surface area contributed by atoms with E-state index in [1.807, 2.05) is 92.0 Å². The summed E-state index contributed by atoms with van der Waals surface area (Å²) in [5, 5.41) is 10.4. The third-order valence-corrected chi connectivity index (χ3v) is 9.21. The van der Waals surface area contributed by atoms with Crippen molar-refractivity contribution in [2.75, 3.05) is 33.2 Å². The summed E-state index contributed by atoms with van der Waals surface area (Å²) in [4.78, 5) is 48.1. The second-order valence-electron chi connectivity index (χ2n) is 12.6. The summed E-state index contributed by atoms with van der Waals surface area (Å²) < 4.78 is 0. The molecule has 2 amide bonds. The van der Waals surface area contributed by atoms with Crippen LogP contribution in [0.5, 0.6) is 0 Å². The lowest BCUT2D eigenvalue weighted by Gasteiger charge is -2.17. The first-order chi connectivity index (χ1) is 24.5. The van der Waals surface area contributed by atoms with E-state index >= 15 is 0 Å². The lowest BCUT2D eigenvalue weighted by molar-refractivity contribution is 0.0947. The number of benzene rings is 6. The van der Waals surface area contributed by atoms with Crippen LogP contribution in [0, 0.1) is 0 Å². The van der Waals surface area contributed by atoms with E-state index in [2.05, 4.69) is 27.7 Å². The number of aromatic nitrogens is 4. The Kier molecular flexibility index (Phi) is 8.40. The molecule has 0 atom stereocenters. The average molecular weight is 658 g/mol. The summed E-state index contributed by atoms with van der Waals surface area (Å²) in [6.07, 6.45) is 1.58. The number of nitrogens with zero attached hydrogens (tertiary/aromatic N) is 5. The van der Waals surface area contributed by atoms with Crippen LogP contribution in [0.2, 0.25) is 0 Å². The normalized spacial score (nSPS) is 11.7. The molecule has 246 valence electrons. The molecule has 0 aliphatic rings. The number of carbonyl (C=O) groups excluding carboxylic acids is 2. The first-order valence-corrected chi connectivity index (χ1v) is 16.9. The summed E-state index contributed by atoms with van der Waals surface area (Å²) in [5.74, 6) is -0.315. The molecular formula is C41H35N7O2.